The summed E-state index contributed by atoms with van der Waals surface area (Å²) in [6.45, 7) is 2.69. The minimum absolute atomic E-state index is 0.140. The topological polar surface area (TPSA) is 84.2 Å². The first-order valence-electron chi connectivity index (χ1n) is 6.61. The molecule has 5 nitrogen and oxygen atoms in total. The second-order valence-corrected chi connectivity index (χ2v) is 4.16. The highest BCUT2D eigenvalue weighted by atomic mass is 19.1. The second-order valence-electron chi connectivity index (χ2n) is 4.16. The van der Waals surface area contributed by atoms with Gasteiger partial charge in [-0.3, -0.25) is 9.59 Å². The van der Waals surface area contributed by atoms with Crippen LogP contribution in [0.5, 0.6) is 0 Å². The fourth-order valence-corrected chi connectivity index (χ4v) is 1.58. The molecule has 0 atom stereocenters. The molecule has 0 fully saturated rings. The lowest BCUT2D eigenvalue weighted by Crippen LogP contribution is -2.30. The number of halogens is 1. The summed E-state index contributed by atoms with van der Waals surface area (Å²) in [7, 11) is 0. The monoisotopic (exact) mass is 291 g/mol. The highest BCUT2D eigenvalue weighted by Crippen LogP contribution is 2.09. The Morgan fingerprint density at radius 1 is 1.33 bits per heavy atom. The third-order valence-electron chi connectivity index (χ3n) is 2.57. The Morgan fingerprint density at radius 3 is 2.71 bits per heavy atom. The van der Waals surface area contributed by atoms with E-state index in [-0.39, 0.29) is 36.5 Å². The van der Waals surface area contributed by atoms with Crippen molar-refractivity contribution in [2.75, 3.05) is 19.6 Å². The largest absolute Gasteiger partial charge is 0.356 e. The summed E-state index contributed by atoms with van der Waals surface area (Å²) in [5.41, 5.74) is 5.59. The summed E-state index contributed by atoms with van der Waals surface area (Å²) < 4.78 is 13.7. The van der Waals surface area contributed by atoms with Crippen LogP contribution in [-0.2, 0) is 4.79 Å². The minimum atomic E-state index is -0.577. The predicted octanol–water partition coefficient (Wildman–Crippen LogP) is 0.392. The van der Waals surface area contributed by atoms with Crippen LogP contribution in [0.15, 0.2) is 18.2 Å². The van der Waals surface area contributed by atoms with Gasteiger partial charge in [0.1, 0.15) is 5.82 Å². The first kappa shape index (κ1) is 16.7. The Kier molecular flexibility index (Phi) is 6.92. The van der Waals surface area contributed by atoms with Gasteiger partial charge in [-0.05, 0) is 25.1 Å². The summed E-state index contributed by atoms with van der Waals surface area (Å²) in [6.07, 6.45) is 0.183. The first-order chi connectivity index (χ1) is 10.1. The highest BCUT2D eigenvalue weighted by Gasteiger charge is 2.09. The van der Waals surface area contributed by atoms with E-state index in [4.69, 9.17) is 5.73 Å². The number of hydrogen-bond donors (Lipinski definition) is 3. The van der Waals surface area contributed by atoms with E-state index in [9.17, 15) is 14.0 Å². The fraction of sp³-hybridized carbons (Fsp3) is 0.333. The van der Waals surface area contributed by atoms with Crippen LogP contribution < -0.4 is 16.4 Å². The van der Waals surface area contributed by atoms with Crippen LogP contribution in [0.2, 0.25) is 0 Å². The third kappa shape index (κ3) is 5.63. The third-order valence-corrected chi connectivity index (χ3v) is 2.57. The molecule has 4 N–H and O–H groups in total. The average molecular weight is 291 g/mol. The van der Waals surface area contributed by atoms with Crippen molar-refractivity contribution < 1.29 is 14.0 Å². The zero-order valence-corrected chi connectivity index (χ0v) is 11.8. The molecule has 0 radical (unpaired) electrons. The molecule has 0 aliphatic rings. The molecule has 0 spiro atoms. The molecule has 21 heavy (non-hydrogen) atoms. The Morgan fingerprint density at radius 2 is 2.10 bits per heavy atom. The van der Waals surface area contributed by atoms with Gasteiger partial charge in [-0.1, -0.05) is 11.8 Å². The summed E-state index contributed by atoms with van der Waals surface area (Å²) in [5, 5.41) is 5.18. The van der Waals surface area contributed by atoms with Crippen molar-refractivity contribution in [3.8, 4) is 11.8 Å². The number of carbonyl (C=O) groups excluding carboxylic acids is 2. The van der Waals surface area contributed by atoms with E-state index in [1.807, 2.05) is 6.92 Å². The van der Waals surface area contributed by atoms with Gasteiger partial charge < -0.3 is 16.4 Å². The molecular weight excluding hydrogens is 273 g/mol. The molecule has 0 aromatic heterocycles. The van der Waals surface area contributed by atoms with Crippen molar-refractivity contribution in [1.82, 2.24) is 10.6 Å². The van der Waals surface area contributed by atoms with Gasteiger partial charge in [-0.2, -0.15) is 0 Å². The number of rotatable bonds is 5. The maximum atomic E-state index is 13.7. The van der Waals surface area contributed by atoms with Gasteiger partial charge in [-0.15, -0.1) is 0 Å². The zero-order chi connectivity index (χ0) is 15.7. The first-order valence-corrected chi connectivity index (χ1v) is 6.61. The van der Waals surface area contributed by atoms with E-state index in [2.05, 4.69) is 22.5 Å². The van der Waals surface area contributed by atoms with Gasteiger partial charge in [0.2, 0.25) is 5.91 Å². The van der Waals surface area contributed by atoms with Crippen LogP contribution in [0.25, 0.3) is 0 Å². The maximum absolute atomic E-state index is 13.7. The SMILES string of the molecule is CCNC(=O)CCNC(=O)c1ccc(C#CCN)c(F)c1. The summed E-state index contributed by atoms with van der Waals surface area (Å²) >= 11 is 0. The quantitative estimate of drug-likeness (QED) is 0.686. The van der Waals surface area contributed by atoms with Crippen molar-refractivity contribution in [3.05, 3.63) is 35.1 Å². The molecule has 0 aliphatic carbocycles. The molecule has 6 heteroatoms. The standard InChI is InChI=1S/C15H18FN3O2/c1-2-18-14(20)7-9-19-15(21)12-6-5-11(4-3-8-17)13(16)10-12/h5-6,10H,2,7-9,17H2,1H3,(H,18,20)(H,19,21). The summed E-state index contributed by atoms with van der Waals surface area (Å²) in [4.78, 5) is 23.0. The molecule has 1 aromatic rings. The molecule has 0 heterocycles. The normalized spacial score (nSPS) is 9.48. The van der Waals surface area contributed by atoms with E-state index in [0.717, 1.165) is 6.07 Å². The number of benzene rings is 1. The van der Waals surface area contributed by atoms with Gasteiger partial charge in [0.15, 0.2) is 0 Å². The molecule has 1 rings (SSSR count). The number of hydrogen-bond acceptors (Lipinski definition) is 3. The predicted molar refractivity (Wildman–Crippen MR) is 78.0 cm³/mol. The van der Waals surface area contributed by atoms with E-state index < -0.39 is 11.7 Å². The Hall–Kier alpha value is -2.39. The number of amides is 2. The zero-order valence-electron chi connectivity index (χ0n) is 11.8. The molecule has 112 valence electrons. The van der Waals surface area contributed by atoms with Crippen molar-refractivity contribution in [2.45, 2.75) is 13.3 Å². The molecular formula is C15H18FN3O2. The van der Waals surface area contributed by atoms with Crippen molar-refractivity contribution in [2.24, 2.45) is 5.73 Å². The Balaban J connectivity index is 2.59. The lowest BCUT2D eigenvalue weighted by atomic mass is 10.1. The van der Waals surface area contributed by atoms with Crippen LogP contribution in [-0.4, -0.2) is 31.4 Å². The smallest absolute Gasteiger partial charge is 0.251 e. The van der Waals surface area contributed by atoms with E-state index >= 15 is 0 Å². The number of carbonyl (C=O) groups is 2. The summed E-state index contributed by atoms with van der Waals surface area (Å²) in [6, 6.07) is 4.02. The molecule has 1 aromatic carbocycles. The average Bonchev–Trinajstić information content (AvgIpc) is 2.46. The fourth-order valence-electron chi connectivity index (χ4n) is 1.58. The van der Waals surface area contributed by atoms with E-state index in [1.165, 1.54) is 12.1 Å². The molecule has 2 amide bonds. The van der Waals surface area contributed by atoms with Crippen molar-refractivity contribution >= 4 is 11.8 Å². The molecule has 0 aliphatic heterocycles. The molecule has 0 unspecified atom stereocenters. The number of nitrogens with two attached hydrogens (primary N) is 1. The molecule has 0 saturated carbocycles. The van der Waals surface area contributed by atoms with Gasteiger partial charge in [0.25, 0.3) is 5.91 Å². The van der Waals surface area contributed by atoms with Crippen LogP contribution >= 0.6 is 0 Å². The lowest BCUT2D eigenvalue weighted by Gasteiger charge is -2.06. The minimum Gasteiger partial charge on any atom is -0.356 e. The van der Waals surface area contributed by atoms with Crippen LogP contribution in [0.1, 0.15) is 29.3 Å². The van der Waals surface area contributed by atoms with Crippen molar-refractivity contribution in [3.63, 3.8) is 0 Å². The van der Waals surface area contributed by atoms with Crippen molar-refractivity contribution in [1.29, 1.82) is 0 Å². The van der Waals surface area contributed by atoms with E-state index in [0.29, 0.717) is 6.54 Å². The Labute approximate surface area is 123 Å². The highest BCUT2D eigenvalue weighted by molar-refractivity contribution is 5.94. The maximum Gasteiger partial charge on any atom is 0.251 e. The summed E-state index contributed by atoms with van der Waals surface area (Å²) in [5.74, 6) is 3.97. The molecule has 0 saturated heterocycles. The molecule has 0 bridgehead atoms. The number of nitrogens with one attached hydrogen (secondary N) is 2. The Bertz CT molecular complexity index is 576. The van der Waals surface area contributed by atoms with Crippen LogP contribution in [0, 0.1) is 17.7 Å². The van der Waals surface area contributed by atoms with Gasteiger partial charge in [0.05, 0.1) is 12.1 Å². The van der Waals surface area contributed by atoms with Gasteiger partial charge in [0, 0.05) is 25.1 Å². The van der Waals surface area contributed by atoms with Crippen LogP contribution in [0.3, 0.4) is 0 Å². The lowest BCUT2D eigenvalue weighted by molar-refractivity contribution is -0.120. The second kappa shape index (κ2) is 8.72. The van der Waals surface area contributed by atoms with Gasteiger partial charge in [-0.25, -0.2) is 4.39 Å². The van der Waals surface area contributed by atoms with Crippen LogP contribution in [0.4, 0.5) is 4.39 Å². The van der Waals surface area contributed by atoms with Gasteiger partial charge >= 0.3 is 0 Å². The van der Waals surface area contributed by atoms with E-state index in [1.54, 1.807) is 0 Å².